The first-order chi connectivity index (χ1) is 9.88. The van der Waals surface area contributed by atoms with Crippen molar-refractivity contribution in [3.63, 3.8) is 0 Å². The van der Waals surface area contributed by atoms with Gasteiger partial charge in [0.05, 0.1) is 0 Å². The van der Waals surface area contributed by atoms with E-state index in [1.165, 1.54) is 29.0 Å². The molecule has 2 heteroatoms. The third-order valence-electron chi connectivity index (χ3n) is 3.88. The summed E-state index contributed by atoms with van der Waals surface area (Å²) in [6.45, 7) is 2.03. The highest BCUT2D eigenvalue weighted by molar-refractivity contribution is 5.98. The largest absolute Gasteiger partial charge is 0.405 e. The minimum Gasteiger partial charge on any atom is -0.405 e. The first-order valence-corrected chi connectivity index (χ1v) is 7.16. The van der Waals surface area contributed by atoms with E-state index in [1.807, 2.05) is 11.1 Å². The molecule has 0 aromatic heterocycles. The Balaban J connectivity index is 1.75. The molecular weight excluding hydrogens is 246 g/mol. The Hall–Kier alpha value is -2.06. The Bertz CT molecular complexity index is 760. The fourth-order valence-corrected chi connectivity index (χ4v) is 2.82. The summed E-state index contributed by atoms with van der Waals surface area (Å²) in [5.74, 6) is 0.815. The molecule has 0 aliphatic carbocycles. The van der Waals surface area contributed by atoms with Crippen LogP contribution in [0.3, 0.4) is 0 Å². The number of fused-ring (bicyclic) bond motifs is 2. The monoisotopic (exact) mass is 262 g/mol. The van der Waals surface area contributed by atoms with Gasteiger partial charge in [0.2, 0.25) is 0 Å². The van der Waals surface area contributed by atoms with Crippen LogP contribution in [-0.4, -0.2) is 18.2 Å². The van der Waals surface area contributed by atoms with E-state index in [0.717, 1.165) is 24.2 Å². The van der Waals surface area contributed by atoms with Gasteiger partial charge in [-0.05, 0) is 52.6 Å². The van der Waals surface area contributed by atoms with Crippen molar-refractivity contribution in [2.75, 3.05) is 13.1 Å². The maximum atomic E-state index is 5.87. The van der Waals surface area contributed by atoms with Crippen LogP contribution in [0.5, 0.6) is 5.75 Å². The lowest BCUT2D eigenvalue weighted by Crippen LogP contribution is -2.23. The highest BCUT2D eigenvalue weighted by atomic mass is 16.7. The van der Waals surface area contributed by atoms with E-state index in [-0.39, 0.29) is 0 Å². The molecule has 20 heavy (non-hydrogen) atoms. The molecule has 0 N–H and O–H groups in total. The van der Waals surface area contributed by atoms with Crippen molar-refractivity contribution in [3.8, 4) is 5.75 Å². The van der Waals surface area contributed by atoms with Crippen LogP contribution in [-0.2, 0) is 0 Å². The summed E-state index contributed by atoms with van der Waals surface area (Å²) in [5.41, 5.74) is 0. The van der Waals surface area contributed by atoms with Gasteiger partial charge in [-0.3, -0.25) is 0 Å². The van der Waals surface area contributed by atoms with Crippen LogP contribution < -0.4 is 4.84 Å². The molecule has 4 rings (SSSR count). The normalized spacial score (nSPS) is 16.0. The summed E-state index contributed by atoms with van der Waals surface area (Å²) in [5, 5.41) is 6.85. The number of hydroxylamine groups is 2. The SMILES string of the molecule is [c]1c(ON2CCCC2)ccc2cc3ccccc3cc12. The van der Waals surface area contributed by atoms with E-state index in [1.54, 1.807) is 0 Å². The zero-order chi connectivity index (χ0) is 13.4. The lowest BCUT2D eigenvalue weighted by atomic mass is 10.0. The van der Waals surface area contributed by atoms with E-state index >= 15 is 0 Å². The van der Waals surface area contributed by atoms with E-state index in [4.69, 9.17) is 4.84 Å². The number of rotatable bonds is 2. The Morgan fingerprint density at radius 1 is 0.850 bits per heavy atom. The predicted octanol–water partition coefficient (Wildman–Crippen LogP) is 4.18. The lowest BCUT2D eigenvalue weighted by Gasteiger charge is -2.16. The van der Waals surface area contributed by atoms with Gasteiger partial charge in [-0.1, -0.05) is 30.3 Å². The van der Waals surface area contributed by atoms with Crippen LogP contribution in [0, 0.1) is 6.07 Å². The second-order valence-electron chi connectivity index (χ2n) is 5.34. The van der Waals surface area contributed by atoms with E-state index in [0.29, 0.717) is 0 Å². The molecule has 1 aliphatic heterocycles. The molecule has 1 aliphatic rings. The average Bonchev–Trinajstić information content (AvgIpc) is 2.98. The molecule has 0 amide bonds. The molecule has 0 atom stereocenters. The van der Waals surface area contributed by atoms with E-state index in [2.05, 4.69) is 48.5 Å². The maximum absolute atomic E-state index is 5.87. The number of benzene rings is 3. The molecule has 99 valence electrons. The Morgan fingerprint density at radius 3 is 2.40 bits per heavy atom. The van der Waals surface area contributed by atoms with Crippen LogP contribution in [0.2, 0.25) is 0 Å². The fourth-order valence-electron chi connectivity index (χ4n) is 2.82. The zero-order valence-electron chi connectivity index (χ0n) is 11.3. The lowest BCUT2D eigenvalue weighted by molar-refractivity contribution is -0.0347. The smallest absolute Gasteiger partial charge is 0.156 e. The number of hydrogen-bond acceptors (Lipinski definition) is 2. The molecule has 1 radical (unpaired) electrons. The molecule has 2 nitrogen and oxygen atoms in total. The first-order valence-electron chi connectivity index (χ1n) is 7.16. The molecule has 0 saturated carbocycles. The van der Waals surface area contributed by atoms with Gasteiger partial charge in [-0.15, -0.1) is 5.06 Å². The quantitative estimate of drug-likeness (QED) is 0.642. The first kappa shape index (κ1) is 11.7. The van der Waals surface area contributed by atoms with Gasteiger partial charge in [-0.2, -0.15) is 0 Å². The van der Waals surface area contributed by atoms with Gasteiger partial charge >= 0.3 is 0 Å². The molecule has 3 aromatic carbocycles. The van der Waals surface area contributed by atoms with Gasteiger partial charge in [0, 0.05) is 19.2 Å². The Morgan fingerprint density at radius 2 is 1.60 bits per heavy atom. The predicted molar refractivity (Wildman–Crippen MR) is 81.7 cm³/mol. The van der Waals surface area contributed by atoms with Crippen molar-refractivity contribution in [1.29, 1.82) is 0 Å². The van der Waals surface area contributed by atoms with Crippen LogP contribution >= 0.6 is 0 Å². The zero-order valence-corrected chi connectivity index (χ0v) is 11.3. The van der Waals surface area contributed by atoms with Crippen LogP contribution in [0.4, 0.5) is 0 Å². The average molecular weight is 262 g/mol. The van der Waals surface area contributed by atoms with Crippen LogP contribution in [0.1, 0.15) is 12.8 Å². The van der Waals surface area contributed by atoms with Gasteiger partial charge in [0.15, 0.2) is 5.75 Å². The maximum Gasteiger partial charge on any atom is 0.156 e. The van der Waals surface area contributed by atoms with Crippen molar-refractivity contribution in [2.24, 2.45) is 0 Å². The topological polar surface area (TPSA) is 12.5 Å². The molecule has 1 heterocycles. The van der Waals surface area contributed by atoms with E-state index < -0.39 is 0 Å². The summed E-state index contributed by atoms with van der Waals surface area (Å²) < 4.78 is 0. The minimum absolute atomic E-state index is 0.815. The molecule has 1 fully saturated rings. The Labute approximate surface area is 118 Å². The molecule has 1 saturated heterocycles. The summed E-state index contributed by atoms with van der Waals surface area (Å²) in [7, 11) is 0. The third-order valence-corrected chi connectivity index (χ3v) is 3.88. The molecular formula is C18H16NO. The number of hydrogen-bond donors (Lipinski definition) is 0. The fraction of sp³-hybridized carbons (Fsp3) is 0.222. The minimum atomic E-state index is 0.815. The van der Waals surface area contributed by atoms with Crippen LogP contribution in [0.25, 0.3) is 21.5 Å². The van der Waals surface area contributed by atoms with Crippen molar-refractivity contribution in [3.05, 3.63) is 54.6 Å². The van der Waals surface area contributed by atoms with Crippen LogP contribution in [0.15, 0.2) is 48.5 Å². The molecule has 0 spiro atoms. The molecule has 3 aromatic rings. The standard InChI is InChI=1S/C18H16NO/c1-2-6-15-12-17-13-18(20-19-9-3-4-10-19)8-7-16(17)11-14(15)5-1/h1-2,5-8,11-12H,3-4,9-10H2. The highest BCUT2D eigenvalue weighted by Gasteiger charge is 2.13. The van der Waals surface area contributed by atoms with Gasteiger partial charge < -0.3 is 4.84 Å². The van der Waals surface area contributed by atoms with Crippen molar-refractivity contribution in [2.45, 2.75) is 12.8 Å². The molecule has 0 unspecified atom stereocenters. The van der Waals surface area contributed by atoms with Gasteiger partial charge in [0.1, 0.15) is 0 Å². The summed E-state index contributed by atoms with van der Waals surface area (Å²) in [6, 6.07) is 20.3. The van der Waals surface area contributed by atoms with Gasteiger partial charge in [0.25, 0.3) is 0 Å². The Kier molecular flexibility index (Phi) is 2.82. The van der Waals surface area contributed by atoms with Crippen molar-refractivity contribution in [1.82, 2.24) is 5.06 Å². The second kappa shape index (κ2) is 4.80. The highest BCUT2D eigenvalue weighted by Crippen LogP contribution is 2.26. The summed E-state index contributed by atoms with van der Waals surface area (Å²) in [4.78, 5) is 5.87. The summed E-state index contributed by atoms with van der Waals surface area (Å²) in [6.07, 6.45) is 2.44. The summed E-state index contributed by atoms with van der Waals surface area (Å²) >= 11 is 0. The van der Waals surface area contributed by atoms with Crippen molar-refractivity contribution >= 4 is 21.5 Å². The third kappa shape index (κ3) is 2.12. The van der Waals surface area contributed by atoms with E-state index in [9.17, 15) is 0 Å². The number of nitrogens with zero attached hydrogens (tertiary/aromatic N) is 1. The van der Waals surface area contributed by atoms with Crippen molar-refractivity contribution < 1.29 is 4.84 Å². The second-order valence-corrected chi connectivity index (χ2v) is 5.34. The molecule has 0 bridgehead atoms. The van der Waals surface area contributed by atoms with Gasteiger partial charge in [-0.25, -0.2) is 0 Å².